The summed E-state index contributed by atoms with van der Waals surface area (Å²) in [5, 5.41) is 1.28. The quantitative estimate of drug-likeness (QED) is 0.378. The van der Waals surface area contributed by atoms with Gasteiger partial charge >= 0.3 is 0 Å². The van der Waals surface area contributed by atoms with E-state index in [4.69, 9.17) is 27.6 Å². The number of nitrogens with zero attached hydrogens (tertiary/aromatic N) is 1. The minimum atomic E-state index is -1.74. The predicted molar refractivity (Wildman–Crippen MR) is 111 cm³/mol. The molecule has 5 heteroatoms. The maximum Gasteiger partial charge on any atom is 0.192 e. The van der Waals surface area contributed by atoms with Crippen LogP contribution < -0.4 is 0 Å². The lowest BCUT2D eigenvalue weighted by Gasteiger charge is -2.34. The molecular formula is C20H33Cl2NOSi. The van der Waals surface area contributed by atoms with Gasteiger partial charge in [0.2, 0.25) is 0 Å². The second-order valence-electron chi connectivity index (χ2n) is 7.85. The topological polar surface area (TPSA) is 22.1 Å². The van der Waals surface area contributed by atoms with Crippen LogP contribution in [-0.4, -0.2) is 13.3 Å². The molecule has 1 fully saturated rings. The van der Waals surface area contributed by atoms with Gasteiger partial charge in [-0.2, -0.15) is 0 Å². The fourth-order valence-corrected chi connectivity index (χ4v) is 7.53. The van der Waals surface area contributed by atoms with E-state index >= 15 is 0 Å². The van der Waals surface area contributed by atoms with Crippen molar-refractivity contribution in [2.45, 2.75) is 78.1 Å². The summed E-state index contributed by atoms with van der Waals surface area (Å²) in [6.45, 7) is 11.5. The normalized spacial score (nSPS) is 21.6. The van der Waals surface area contributed by atoms with Gasteiger partial charge in [0.15, 0.2) is 8.32 Å². The van der Waals surface area contributed by atoms with Crippen molar-refractivity contribution in [3.63, 3.8) is 0 Å². The fraction of sp³-hybridized carbons (Fsp3) is 0.750. The third-order valence-electron chi connectivity index (χ3n) is 6.17. The standard InChI is InChI=1S/C20H33Cl2NOSi/c1-6-25(7-2,8-3)24-19(10-9-15-11-16(15)14(4)5)20-17(21)12-23-13-18(20)22/h12-16,19H,6-11H2,1-5H3/t15-,16+,19?/m0/s1. The van der Waals surface area contributed by atoms with Gasteiger partial charge in [0.05, 0.1) is 16.1 Å². The van der Waals surface area contributed by atoms with Crippen molar-refractivity contribution in [3.05, 3.63) is 28.0 Å². The molecule has 0 radical (unpaired) electrons. The van der Waals surface area contributed by atoms with Crippen LogP contribution in [0.3, 0.4) is 0 Å². The Kier molecular flexibility index (Phi) is 7.81. The summed E-state index contributed by atoms with van der Waals surface area (Å²) in [5.41, 5.74) is 0.951. The monoisotopic (exact) mass is 401 g/mol. The Labute approximate surface area is 164 Å². The zero-order chi connectivity index (χ0) is 18.6. The molecule has 3 atom stereocenters. The van der Waals surface area contributed by atoms with Gasteiger partial charge in [0, 0.05) is 18.0 Å². The number of pyridine rings is 1. The summed E-state index contributed by atoms with van der Waals surface area (Å²) in [5.74, 6) is 2.51. The molecular weight excluding hydrogens is 369 g/mol. The molecule has 1 unspecified atom stereocenters. The lowest BCUT2D eigenvalue weighted by Crippen LogP contribution is -2.37. The van der Waals surface area contributed by atoms with Gasteiger partial charge < -0.3 is 4.43 Å². The number of aromatic nitrogens is 1. The summed E-state index contributed by atoms with van der Waals surface area (Å²) in [6, 6.07) is 3.40. The van der Waals surface area contributed by atoms with Gasteiger partial charge in [-0.1, -0.05) is 57.8 Å². The van der Waals surface area contributed by atoms with Gasteiger partial charge in [-0.05, 0) is 55.1 Å². The van der Waals surface area contributed by atoms with E-state index in [0.29, 0.717) is 10.0 Å². The molecule has 0 aromatic carbocycles. The second-order valence-corrected chi connectivity index (χ2v) is 13.4. The van der Waals surface area contributed by atoms with Crippen LogP contribution in [0.1, 0.15) is 65.5 Å². The third-order valence-corrected chi connectivity index (χ3v) is 11.4. The molecule has 1 heterocycles. The first-order valence-electron chi connectivity index (χ1n) is 9.84. The Morgan fingerprint density at radius 3 is 2.12 bits per heavy atom. The number of rotatable bonds is 10. The van der Waals surface area contributed by atoms with Crippen LogP contribution in [0.2, 0.25) is 28.2 Å². The van der Waals surface area contributed by atoms with E-state index in [1.54, 1.807) is 12.4 Å². The highest BCUT2D eigenvalue weighted by molar-refractivity contribution is 6.73. The van der Waals surface area contributed by atoms with Gasteiger partial charge in [0.25, 0.3) is 0 Å². The van der Waals surface area contributed by atoms with Crippen molar-refractivity contribution < 1.29 is 4.43 Å². The van der Waals surface area contributed by atoms with E-state index < -0.39 is 8.32 Å². The molecule has 0 N–H and O–H groups in total. The first kappa shape index (κ1) is 21.2. The Hall–Kier alpha value is -0.0931. The van der Waals surface area contributed by atoms with Crippen LogP contribution in [0.25, 0.3) is 0 Å². The lowest BCUT2D eigenvalue weighted by atomic mass is 10.0. The molecule has 2 rings (SSSR count). The first-order chi connectivity index (χ1) is 11.9. The minimum absolute atomic E-state index is 0.00271. The fourth-order valence-electron chi connectivity index (χ4n) is 4.08. The minimum Gasteiger partial charge on any atom is -0.410 e. The second kappa shape index (κ2) is 9.21. The highest BCUT2D eigenvalue weighted by atomic mass is 35.5. The number of hydrogen-bond acceptors (Lipinski definition) is 2. The van der Waals surface area contributed by atoms with Crippen LogP contribution in [0, 0.1) is 17.8 Å². The van der Waals surface area contributed by atoms with E-state index in [0.717, 1.165) is 47.9 Å². The van der Waals surface area contributed by atoms with Crippen LogP contribution in [0.4, 0.5) is 0 Å². The van der Waals surface area contributed by atoms with Gasteiger partial charge in [-0.15, -0.1) is 0 Å². The molecule has 1 aliphatic carbocycles. The Morgan fingerprint density at radius 2 is 1.68 bits per heavy atom. The molecule has 0 aliphatic heterocycles. The Morgan fingerprint density at radius 1 is 1.12 bits per heavy atom. The molecule has 1 aromatic rings. The summed E-state index contributed by atoms with van der Waals surface area (Å²) in [4.78, 5) is 4.12. The van der Waals surface area contributed by atoms with Crippen LogP contribution in [0.5, 0.6) is 0 Å². The summed E-state index contributed by atoms with van der Waals surface area (Å²) in [7, 11) is -1.74. The van der Waals surface area contributed by atoms with Crippen molar-refractivity contribution in [1.29, 1.82) is 0 Å². The van der Waals surface area contributed by atoms with Gasteiger partial charge in [-0.25, -0.2) is 0 Å². The van der Waals surface area contributed by atoms with Crippen molar-refractivity contribution >= 4 is 31.5 Å². The van der Waals surface area contributed by atoms with E-state index in [1.165, 1.54) is 12.8 Å². The molecule has 25 heavy (non-hydrogen) atoms. The molecule has 0 bridgehead atoms. The molecule has 0 amide bonds. The average Bonchev–Trinajstić information content (AvgIpc) is 3.37. The van der Waals surface area contributed by atoms with Crippen molar-refractivity contribution in [2.75, 3.05) is 0 Å². The molecule has 1 aromatic heterocycles. The summed E-state index contributed by atoms with van der Waals surface area (Å²) in [6.07, 6.45) is 6.96. The molecule has 0 spiro atoms. The highest BCUT2D eigenvalue weighted by Gasteiger charge is 2.40. The zero-order valence-electron chi connectivity index (χ0n) is 16.3. The van der Waals surface area contributed by atoms with Crippen LogP contribution in [-0.2, 0) is 4.43 Å². The van der Waals surface area contributed by atoms with Gasteiger partial charge in [0.1, 0.15) is 0 Å². The van der Waals surface area contributed by atoms with Crippen LogP contribution >= 0.6 is 23.2 Å². The van der Waals surface area contributed by atoms with E-state index in [1.807, 2.05) is 0 Å². The number of halogens is 2. The average molecular weight is 402 g/mol. The highest BCUT2D eigenvalue weighted by Crippen LogP contribution is 2.49. The van der Waals surface area contributed by atoms with Crippen molar-refractivity contribution in [3.8, 4) is 0 Å². The summed E-state index contributed by atoms with van der Waals surface area (Å²) < 4.78 is 6.85. The molecule has 0 saturated heterocycles. The maximum absolute atomic E-state index is 6.85. The van der Waals surface area contributed by atoms with E-state index in [9.17, 15) is 0 Å². The maximum atomic E-state index is 6.85. The Balaban J connectivity index is 2.19. The smallest absolute Gasteiger partial charge is 0.192 e. The van der Waals surface area contributed by atoms with Crippen LogP contribution in [0.15, 0.2) is 12.4 Å². The molecule has 142 valence electrons. The van der Waals surface area contributed by atoms with Crippen molar-refractivity contribution in [1.82, 2.24) is 4.98 Å². The SMILES string of the molecule is CC[Si](CC)(CC)OC(CC[C@H]1C[C@@H]1C(C)C)c1c(Cl)cncc1Cl. The third kappa shape index (κ3) is 5.21. The molecule has 1 aliphatic rings. The number of hydrogen-bond donors (Lipinski definition) is 0. The summed E-state index contributed by atoms with van der Waals surface area (Å²) >= 11 is 13.0. The van der Waals surface area contributed by atoms with Gasteiger partial charge in [-0.3, -0.25) is 4.98 Å². The van der Waals surface area contributed by atoms with E-state index in [-0.39, 0.29) is 6.10 Å². The zero-order valence-corrected chi connectivity index (χ0v) is 18.8. The molecule has 1 saturated carbocycles. The lowest BCUT2D eigenvalue weighted by molar-refractivity contribution is 0.173. The van der Waals surface area contributed by atoms with Crippen molar-refractivity contribution in [2.24, 2.45) is 17.8 Å². The van der Waals surface area contributed by atoms with E-state index in [2.05, 4.69) is 39.6 Å². The molecule has 2 nitrogen and oxygen atoms in total. The predicted octanol–water partition coefficient (Wildman–Crippen LogP) is 7.52. The first-order valence-corrected chi connectivity index (χ1v) is 13.1. The Bertz CT molecular complexity index is 534. The largest absolute Gasteiger partial charge is 0.410 e.